The molecule has 7 heteroatoms. The van der Waals surface area contributed by atoms with E-state index < -0.39 is 0 Å². The molecular weight excluding hydrogens is 238 g/mol. The van der Waals surface area contributed by atoms with Crippen molar-refractivity contribution in [2.75, 3.05) is 0 Å². The molecule has 0 aliphatic carbocycles. The molecule has 0 amide bonds. The minimum Gasteiger partial charge on any atom is -0.333 e. The van der Waals surface area contributed by atoms with Crippen LogP contribution in [0.2, 0.25) is 0 Å². The monoisotopic (exact) mass is 253 g/mol. The van der Waals surface area contributed by atoms with Gasteiger partial charge in [-0.15, -0.1) is 5.10 Å². The van der Waals surface area contributed by atoms with Crippen LogP contribution in [-0.4, -0.2) is 25.8 Å². The van der Waals surface area contributed by atoms with Crippen LogP contribution >= 0.6 is 11.5 Å². The van der Waals surface area contributed by atoms with E-state index in [9.17, 15) is 0 Å². The number of hydrogen-bond acceptors (Lipinski definition) is 7. The van der Waals surface area contributed by atoms with Crippen LogP contribution < -0.4 is 5.73 Å². The summed E-state index contributed by atoms with van der Waals surface area (Å²) in [6.45, 7) is 4.01. The van der Waals surface area contributed by atoms with Crippen molar-refractivity contribution in [3.05, 3.63) is 11.5 Å². The van der Waals surface area contributed by atoms with Crippen molar-refractivity contribution in [2.45, 2.75) is 39.2 Å². The largest absolute Gasteiger partial charge is 0.333 e. The maximum Gasteiger partial charge on any atom is 0.271 e. The van der Waals surface area contributed by atoms with Gasteiger partial charge in [-0.2, -0.15) is 4.98 Å². The van der Waals surface area contributed by atoms with E-state index in [0.29, 0.717) is 18.1 Å². The highest BCUT2D eigenvalue weighted by atomic mass is 32.1. The Morgan fingerprint density at radius 2 is 2.29 bits per heavy atom. The third kappa shape index (κ3) is 2.86. The summed E-state index contributed by atoms with van der Waals surface area (Å²) >= 11 is 1.29. The molecule has 0 radical (unpaired) electrons. The Morgan fingerprint density at radius 3 is 3.00 bits per heavy atom. The molecule has 2 heterocycles. The lowest BCUT2D eigenvalue weighted by molar-refractivity contribution is 0.421. The van der Waals surface area contributed by atoms with E-state index in [1.54, 1.807) is 0 Å². The molecule has 1 atom stereocenters. The van der Waals surface area contributed by atoms with Crippen LogP contribution in [0.5, 0.6) is 0 Å². The lowest BCUT2D eigenvalue weighted by Gasteiger charge is -1.96. The molecular formula is C10H15N5OS. The zero-order chi connectivity index (χ0) is 12.3. The minimum atomic E-state index is 0.0233. The van der Waals surface area contributed by atoms with E-state index in [1.807, 2.05) is 6.92 Å². The highest BCUT2D eigenvalue weighted by Gasteiger charge is 2.17. The van der Waals surface area contributed by atoms with Crippen LogP contribution in [0.1, 0.15) is 31.8 Å². The van der Waals surface area contributed by atoms with Crippen LogP contribution in [0.15, 0.2) is 4.52 Å². The number of rotatable bonds is 5. The van der Waals surface area contributed by atoms with Gasteiger partial charge in [-0.1, -0.05) is 23.0 Å². The van der Waals surface area contributed by atoms with Gasteiger partial charge in [0.2, 0.25) is 0 Å². The summed E-state index contributed by atoms with van der Waals surface area (Å²) in [4.78, 5) is 5.18. The molecule has 2 N–H and O–H groups in total. The van der Waals surface area contributed by atoms with Crippen LogP contribution in [0.3, 0.4) is 0 Å². The molecule has 92 valence electrons. The molecule has 0 saturated carbocycles. The maximum atomic E-state index is 5.69. The van der Waals surface area contributed by atoms with Crippen molar-refractivity contribution in [2.24, 2.45) is 5.73 Å². The van der Waals surface area contributed by atoms with Crippen molar-refractivity contribution in [1.29, 1.82) is 0 Å². The second-order valence-electron chi connectivity index (χ2n) is 4.00. The van der Waals surface area contributed by atoms with Gasteiger partial charge in [-0.05, 0) is 24.9 Å². The standard InChI is InChI=1S/C10H15N5OS/c1-3-4-7-9(17-15-13-7)10-12-8(14-16-10)5-6(2)11/h6H,3-5,11H2,1-2H3. The van der Waals surface area contributed by atoms with Gasteiger partial charge in [0, 0.05) is 12.5 Å². The van der Waals surface area contributed by atoms with Gasteiger partial charge in [0.15, 0.2) is 5.82 Å². The molecule has 17 heavy (non-hydrogen) atoms. The van der Waals surface area contributed by atoms with Gasteiger partial charge >= 0.3 is 0 Å². The first kappa shape index (κ1) is 12.1. The number of aryl methyl sites for hydroxylation is 1. The van der Waals surface area contributed by atoms with Crippen molar-refractivity contribution >= 4 is 11.5 Å². The minimum absolute atomic E-state index is 0.0233. The Hall–Kier alpha value is -1.34. The predicted molar refractivity (Wildman–Crippen MR) is 64.5 cm³/mol. The highest BCUT2D eigenvalue weighted by Crippen LogP contribution is 2.25. The highest BCUT2D eigenvalue weighted by molar-refractivity contribution is 7.09. The van der Waals surface area contributed by atoms with Gasteiger partial charge in [0.05, 0.1) is 5.69 Å². The molecule has 0 aliphatic heterocycles. The quantitative estimate of drug-likeness (QED) is 0.866. The second-order valence-corrected chi connectivity index (χ2v) is 4.75. The van der Waals surface area contributed by atoms with Crippen LogP contribution in [0, 0.1) is 0 Å². The molecule has 6 nitrogen and oxygen atoms in total. The number of nitrogens with zero attached hydrogens (tertiary/aromatic N) is 4. The fourth-order valence-electron chi connectivity index (χ4n) is 1.49. The summed E-state index contributed by atoms with van der Waals surface area (Å²) in [7, 11) is 0. The Bertz CT molecular complexity index is 479. The summed E-state index contributed by atoms with van der Waals surface area (Å²) in [6, 6.07) is 0.0233. The maximum absolute atomic E-state index is 5.69. The van der Waals surface area contributed by atoms with E-state index in [4.69, 9.17) is 10.3 Å². The lowest BCUT2D eigenvalue weighted by atomic mass is 10.2. The van der Waals surface area contributed by atoms with E-state index >= 15 is 0 Å². The molecule has 0 saturated heterocycles. The molecule has 2 aromatic rings. The van der Waals surface area contributed by atoms with Gasteiger partial charge in [0.25, 0.3) is 5.89 Å². The van der Waals surface area contributed by atoms with Crippen molar-refractivity contribution in [3.8, 4) is 10.8 Å². The first-order valence-electron chi connectivity index (χ1n) is 5.60. The van der Waals surface area contributed by atoms with Gasteiger partial charge in [-0.25, -0.2) is 0 Å². The number of aromatic nitrogens is 4. The summed E-state index contributed by atoms with van der Waals surface area (Å²) < 4.78 is 9.14. The summed E-state index contributed by atoms with van der Waals surface area (Å²) in [5, 5.41) is 7.97. The third-order valence-corrected chi connectivity index (χ3v) is 2.97. The average molecular weight is 253 g/mol. The molecule has 0 fully saturated rings. The summed E-state index contributed by atoms with van der Waals surface area (Å²) in [5.41, 5.74) is 6.61. The van der Waals surface area contributed by atoms with Crippen molar-refractivity contribution in [3.63, 3.8) is 0 Å². The molecule has 1 unspecified atom stereocenters. The summed E-state index contributed by atoms with van der Waals surface area (Å²) in [5.74, 6) is 1.13. The predicted octanol–water partition coefficient (Wildman–Crippen LogP) is 1.43. The smallest absolute Gasteiger partial charge is 0.271 e. The van der Waals surface area contributed by atoms with E-state index in [2.05, 4.69) is 26.7 Å². The van der Waals surface area contributed by atoms with Gasteiger partial charge in [-0.3, -0.25) is 0 Å². The first-order valence-corrected chi connectivity index (χ1v) is 6.37. The Morgan fingerprint density at radius 1 is 1.47 bits per heavy atom. The zero-order valence-corrected chi connectivity index (χ0v) is 10.7. The molecule has 0 bridgehead atoms. The fourth-order valence-corrected chi connectivity index (χ4v) is 2.12. The van der Waals surface area contributed by atoms with Gasteiger partial charge in [0.1, 0.15) is 4.88 Å². The fraction of sp³-hybridized carbons (Fsp3) is 0.600. The van der Waals surface area contributed by atoms with Crippen LogP contribution in [-0.2, 0) is 12.8 Å². The molecule has 2 rings (SSSR count). The number of hydrogen-bond donors (Lipinski definition) is 1. The van der Waals surface area contributed by atoms with Crippen molar-refractivity contribution < 1.29 is 4.52 Å². The molecule has 0 aliphatic rings. The SMILES string of the molecule is CCCc1nnsc1-c1nc(CC(C)N)no1. The molecule has 2 aromatic heterocycles. The number of nitrogens with two attached hydrogens (primary N) is 1. The third-order valence-electron chi connectivity index (χ3n) is 2.21. The average Bonchev–Trinajstić information content (AvgIpc) is 2.86. The Balaban J connectivity index is 2.21. The Labute approximate surface area is 103 Å². The van der Waals surface area contributed by atoms with Crippen LogP contribution in [0.4, 0.5) is 0 Å². The lowest BCUT2D eigenvalue weighted by Crippen LogP contribution is -2.18. The van der Waals surface area contributed by atoms with E-state index in [1.165, 1.54) is 11.5 Å². The topological polar surface area (TPSA) is 90.7 Å². The summed E-state index contributed by atoms with van der Waals surface area (Å²) in [6.07, 6.45) is 2.49. The van der Waals surface area contributed by atoms with Crippen molar-refractivity contribution in [1.82, 2.24) is 19.7 Å². The second kappa shape index (κ2) is 5.33. The van der Waals surface area contributed by atoms with Gasteiger partial charge < -0.3 is 10.3 Å². The molecule has 0 aromatic carbocycles. The van der Waals surface area contributed by atoms with Crippen LogP contribution in [0.25, 0.3) is 10.8 Å². The van der Waals surface area contributed by atoms with E-state index in [-0.39, 0.29) is 6.04 Å². The van der Waals surface area contributed by atoms with E-state index in [0.717, 1.165) is 23.4 Å². The molecule has 0 spiro atoms. The Kier molecular flexibility index (Phi) is 3.80. The normalized spacial score (nSPS) is 12.9. The first-order chi connectivity index (χ1) is 8.20. The zero-order valence-electron chi connectivity index (χ0n) is 9.88.